The molecular weight excluding hydrogens is 560 g/mol. The molecule has 7 nitrogen and oxygen atoms in total. The number of fused-ring (bicyclic) bond motifs is 8. The van der Waals surface area contributed by atoms with Crippen molar-refractivity contribution in [1.29, 1.82) is 0 Å². The van der Waals surface area contributed by atoms with Crippen LogP contribution in [0.4, 0.5) is 0 Å². The first-order chi connectivity index (χ1) is 20.7. The van der Waals surface area contributed by atoms with Crippen LogP contribution >= 0.6 is 11.8 Å². The van der Waals surface area contributed by atoms with Crippen LogP contribution in [-0.2, 0) is 26.1 Å². The number of benzene rings is 1. The number of allylic oxidation sites excluding steroid dienone is 4. The van der Waals surface area contributed by atoms with Crippen LogP contribution in [0.25, 0.3) is 11.0 Å². The van der Waals surface area contributed by atoms with Crippen molar-refractivity contribution in [3.63, 3.8) is 0 Å². The third-order valence-corrected chi connectivity index (χ3v) is 13.6. The van der Waals surface area contributed by atoms with Gasteiger partial charge in [0.05, 0.1) is 29.0 Å². The van der Waals surface area contributed by atoms with Gasteiger partial charge in [0.2, 0.25) is 0 Å². The molecule has 0 amide bonds. The molecule has 8 rings (SSSR count). The fourth-order valence-corrected chi connectivity index (χ4v) is 11.5. The Balaban J connectivity index is 1.14. The number of para-hydroxylation sites is 2. The third kappa shape index (κ3) is 3.88. The zero-order valence-corrected chi connectivity index (χ0v) is 26.1. The van der Waals surface area contributed by atoms with E-state index in [1.165, 1.54) is 24.6 Å². The molecule has 0 bridgehead atoms. The number of hydrogen-bond acceptors (Lipinski definition) is 7. The molecule has 5 fully saturated rings. The third-order valence-electron chi connectivity index (χ3n) is 12.5. The summed E-state index contributed by atoms with van der Waals surface area (Å²) in [6, 6.07) is 8.04. The number of aryl methyl sites for hydroxylation is 1. The van der Waals surface area contributed by atoms with E-state index in [1.807, 2.05) is 37.4 Å². The lowest BCUT2D eigenvalue weighted by Gasteiger charge is -2.59. The van der Waals surface area contributed by atoms with Gasteiger partial charge in [-0.05, 0) is 74.6 Å². The van der Waals surface area contributed by atoms with Crippen molar-refractivity contribution in [2.75, 3.05) is 5.75 Å². The van der Waals surface area contributed by atoms with Crippen molar-refractivity contribution < 1.29 is 24.2 Å². The second-order valence-corrected chi connectivity index (χ2v) is 15.4. The number of hydrogen-bond donors (Lipinski definition) is 1. The van der Waals surface area contributed by atoms with E-state index in [2.05, 4.69) is 18.4 Å². The number of nitrogens with zero attached hydrogens (tertiary/aromatic N) is 2. The van der Waals surface area contributed by atoms with Crippen molar-refractivity contribution in [3.8, 4) is 0 Å². The Morgan fingerprint density at radius 1 is 1.19 bits per heavy atom. The summed E-state index contributed by atoms with van der Waals surface area (Å²) >= 11 is 1.48. The van der Waals surface area contributed by atoms with E-state index in [-0.39, 0.29) is 52.9 Å². The normalized spacial score (nSPS) is 42.0. The zero-order chi connectivity index (χ0) is 29.7. The van der Waals surface area contributed by atoms with Gasteiger partial charge in [0.15, 0.2) is 28.6 Å². The van der Waals surface area contributed by atoms with Gasteiger partial charge in [-0.15, -0.1) is 0 Å². The zero-order valence-electron chi connectivity index (χ0n) is 25.3. The highest BCUT2D eigenvalue weighted by atomic mass is 32.2. The molecule has 2 heterocycles. The lowest BCUT2D eigenvalue weighted by molar-refractivity contribution is -0.205. The van der Waals surface area contributed by atoms with Crippen LogP contribution in [0.2, 0.25) is 0 Å². The predicted molar refractivity (Wildman–Crippen MR) is 164 cm³/mol. The highest BCUT2D eigenvalue weighted by Gasteiger charge is 2.76. The van der Waals surface area contributed by atoms with E-state index < -0.39 is 17.1 Å². The number of aliphatic hydroxyl groups excluding tert-OH is 1. The molecule has 0 radical (unpaired) electrons. The molecule has 1 aliphatic heterocycles. The van der Waals surface area contributed by atoms with Gasteiger partial charge in [0.1, 0.15) is 0 Å². The monoisotopic (exact) mass is 602 g/mol. The van der Waals surface area contributed by atoms with Crippen LogP contribution in [-0.4, -0.2) is 56.1 Å². The minimum Gasteiger partial charge on any atom is -0.393 e. The maximum Gasteiger partial charge on any atom is 0.178 e. The second-order valence-electron chi connectivity index (χ2n) is 14.5. The van der Waals surface area contributed by atoms with Crippen molar-refractivity contribution >= 4 is 34.4 Å². The van der Waals surface area contributed by atoms with Gasteiger partial charge in [-0.3, -0.25) is 9.59 Å². The molecule has 0 spiro atoms. The predicted octanol–water partition coefficient (Wildman–Crippen LogP) is 5.79. The van der Waals surface area contributed by atoms with Gasteiger partial charge in [-0.1, -0.05) is 62.2 Å². The Hall–Kier alpha value is -2.26. The van der Waals surface area contributed by atoms with Gasteiger partial charge in [0, 0.05) is 29.7 Å². The molecule has 6 aliphatic rings. The minimum atomic E-state index is -1.09. The fraction of sp³-hybridized carbons (Fsp3) is 0.629. The van der Waals surface area contributed by atoms with E-state index in [1.54, 1.807) is 12.2 Å². The highest BCUT2D eigenvalue weighted by Crippen LogP contribution is 2.70. The highest BCUT2D eigenvalue weighted by molar-refractivity contribution is 7.99. The maximum atomic E-state index is 14.8. The summed E-state index contributed by atoms with van der Waals surface area (Å²) in [5.74, 6) is 1.07. The van der Waals surface area contributed by atoms with E-state index in [0.717, 1.165) is 53.9 Å². The number of Topliss-reactive ketones (excluding diaryl/α,β-unsaturated/α-hetero) is 1. The average Bonchev–Trinajstić information content (AvgIpc) is 3.75. The van der Waals surface area contributed by atoms with E-state index >= 15 is 0 Å². The Morgan fingerprint density at radius 2 is 1.98 bits per heavy atom. The number of carbonyl (C=O) groups excluding carboxylic acids is 2. The van der Waals surface area contributed by atoms with Gasteiger partial charge in [0.25, 0.3) is 0 Å². The number of ketones is 2. The number of carbonyl (C=O) groups is 2. The molecule has 1 aromatic carbocycles. The van der Waals surface area contributed by atoms with Gasteiger partial charge >= 0.3 is 0 Å². The van der Waals surface area contributed by atoms with Crippen LogP contribution in [0.1, 0.15) is 65.2 Å². The molecule has 2 aromatic rings. The summed E-state index contributed by atoms with van der Waals surface area (Å²) in [5.41, 5.74) is 1.11. The molecule has 1 aromatic heterocycles. The molecule has 43 heavy (non-hydrogen) atoms. The van der Waals surface area contributed by atoms with E-state index in [4.69, 9.17) is 14.5 Å². The van der Waals surface area contributed by atoms with Crippen molar-refractivity contribution in [2.24, 2.45) is 41.5 Å². The van der Waals surface area contributed by atoms with Crippen LogP contribution in [0.3, 0.4) is 0 Å². The number of aromatic nitrogens is 2. The largest absolute Gasteiger partial charge is 0.393 e. The van der Waals surface area contributed by atoms with Crippen molar-refractivity contribution in [1.82, 2.24) is 9.55 Å². The van der Waals surface area contributed by atoms with Gasteiger partial charge in [-0.2, -0.15) is 0 Å². The van der Waals surface area contributed by atoms with E-state index in [0.29, 0.717) is 12.3 Å². The molecule has 9 atom stereocenters. The molecule has 1 saturated heterocycles. The Morgan fingerprint density at radius 3 is 2.77 bits per heavy atom. The molecular formula is C35H42N2O5S. The molecule has 1 N–H and O–H groups in total. The van der Waals surface area contributed by atoms with Crippen molar-refractivity contribution in [3.05, 3.63) is 48.1 Å². The van der Waals surface area contributed by atoms with Crippen LogP contribution < -0.4 is 0 Å². The maximum absolute atomic E-state index is 14.8. The Bertz CT molecular complexity index is 1560. The van der Waals surface area contributed by atoms with Crippen LogP contribution in [0.5, 0.6) is 0 Å². The number of thioether (sulfide) groups is 1. The lowest BCUT2D eigenvalue weighted by atomic mass is 9.46. The first kappa shape index (κ1) is 28.2. The SMILES string of the molecule is Cn1c(SCC(=O)[C@@]23OC(C4CCCC4)O[C@@H]2CC2C4CCC5=CC(=O)C=CC5(C)C4[C@@H](O)CC23C)nc2ccccc21. The quantitative estimate of drug-likeness (QED) is 0.433. The molecule has 228 valence electrons. The lowest BCUT2D eigenvalue weighted by Crippen LogP contribution is -2.63. The second kappa shape index (κ2) is 9.87. The first-order valence-electron chi connectivity index (χ1n) is 16.2. The number of ether oxygens (including phenoxy) is 2. The average molecular weight is 603 g/mol. The molecule has 4 saturated carbocycles. The van der Waals surface area contributed by atoms with E-state index in [9.17, 15) is 14.7 Å². The summed E-state index contributed by atoms with van der Waals surface area (Å²) in [4.78, 5) is 31.8. The topological polar surface area (TPSA) is 90.7 Å². The summed E-state index contributed by atoms with van der Waals surface area (Å²) in [5, 5.41) is 12.8. The minimum absolute atomic E-state index is 0.000839. The fourth-order valence-electron chi connectivity index (χ4n) is 10.5. The van der Waals surface area contributed by atoms with Gasteiger partial charge < -0.3 is 19.1 Å². The van der Waals surface area contributed by atoms with Crippen LogP contribution in [0, 0.1) is 34.5 Å². The standard InChI is InChI=1S/C35H42N2O5S/c1-33-15-14-22(38)16-21(33)12-13-23-24-17-29-35(34(24,2)18-27(39)30(23)33,42-31(41-29)20-8-4-5-9-20)28(40)19-43-32-36-25-10-6-7-11-26(25)37(32)3/h6-7,10-11,14-16,20,23-24,27,29-31,39H,4-5,8-9,12-13,17-19H2,1-3H3/t23?,24?,27-,29+,30?,31?,33?,34?,35+/m0/s1. The summed E-state index contributed by atoms with van der Waals surface area (Å²) in [6.45, 7) is 4.40. The molecule has 6 unspecified atom stereocenters. The Labute approximate surface area is 257 Å². The number of rotatable bonds is 5. The summed E-state index contributed by atoms with van der Waals surface area (Å²) in [6.07, 6.45) is 11.7. The number of imidazole rings is 1. The summed E-state index contributed by atoms with van der Waals surface area (Å²) < 4.78 is 15.9. The summed E-state index contributed by atoms with van der Waals surface area (Å²) in [7, 11) is 2.00. The molecule has 5 aliphatic carbocycles. The number of aliphatic hydroxyl groups is 1. The van der Waals surface area contributed by atoms with Crippen molar-refractivity contribution in [2.45, 2.75) is 94.5 Å². The first-order valence-corrected chi connectivity index (χ1v) is 17.2. The smallest absolute Gasteiger partial charge is 0.178 e. The Kier molecular flexibility index (Phi) is 6.48. The van der Waals surface area contributed by atoms with Gasteiger partial charge in [-0.25, -0.2) is 4.98 Å². The van der Waals surface area contributed by atoms with Crippen LogP contribution in [0.15, 0.2) is 53.2 Å². The molecule has 8 heteroatoms.